The van der Waals surface area contributed by atoms with Crippen LogP contribution in [0.3, 0.4) is 0 Å². The second kappa shape index (κ2) is 14.5. The van der Waals surface area contributed by atoms with E-state index in [4.69, 9.17) is 9.47 Å². The number of likely N-dealkylation sites (tertiary alicyclic amines) is 1. The molecule has 2 heterocycles. The fourth-order valence-electron chi connectivity index (χ4n) is 4.60. The fourth-order valence-corrected chi connectivity index (χ4v) is 4.60. The van der Waals surface area contributed by atoms with Crippen LogP contribution in [-0.2, 0) is 14.3 Å². The van der Waals surface area contributed by atoms with Crippen molar-refractivity contribution in [1.29, 1.82) is 0 Å². The van der Waals surface area contributed by atoms with E-state index < -0.39 is 0 Å². The summed E-state index contributed by atoms with van der Waals surface area (Å²) in [5.41, 5.74) is 0. The van der Waals surface area contributed by atoms with E-state index in [2.05, 4.69) is 15.2 Å². The molecule has 1 unspecified atom stereocenters. The third kappa shape index (κ3) is 9.42. The summed E-state index contributed by atoms with van der Waals surface area (Å²) in [5.74, 6) is 1.66. The Kier molecular flexibility index (Phi) is 12.5. The van der Waals surface area contributed by atoms with Gasteiger partial charge in [-0.1, -0.05) is 19.3 Å². The Balaban J connectivity index is 0.00000341. The summed E-state index contributed by atoms with van der Waals surface area (Å²) in [7, 11) is 3.57. The van der Waals surface area contributed by atoms with Crippen molar-refractivity contribution < 1.29 is 14.3 Å². The molecule has 31 heavy (non-hydrogen) atoms. The number of aliphatic imine (C=N–C) groups is 1. The number of ether oxygens (including phenoxy) is 2. The molecule has 0 spiro atoms. The number of hydrogen-bond acceptors (Lipinski definition) is 4. The minimum absolute atomic E-state index is 0. The van der Waals surface area contributed by atoms with Crippen molar-refractivity contribution in [3.8, 4) is 0 Å². The predicted octanol–water partition coefficient (Wildman–Crippen LogP) is 3.27. The molecule has 1 atom stereocenters. The fraction of sp³-hybridized carbons (Fsp3) is 0.913. The smallest absolute Gasteiger partial charge is 0.243 e. The average Bonchev–Trinajstić information content (AvgIpc) is 2.79. The topological polar surface area (TPSA) is 66.4 Å². The Morgan fingerprint density at radius 3 is 2.42 bits per heavy atom. The highest BCUT2D eigenvalue weighted by atomic mass is 127. The number of piperidine rings is 1. The van der Waals surface area contributed by atoms with Gasteiger partial charge in [0.25, 0.3) is 0 Å². The minimum atomic E-state index is 0. The summed E-state index contributed by atoms with van der Waals surface area (Å²) in [6.45, 7) is 4.61. The van der Waals surface area contributed by atoms with Gasteiger partial charge in [0, 0.05) is 40.3 Å². The summed E-state index contributed by atoms with van der Waals surface area (Å²) in [6.07, 6.45) is 12.8. The number of hydrogen-bond donors (Lipinski definition) is 1. The lowest BCUT2D eigenvalue weighted by molar-refractivity contribution is -0.127. The van der Waals surface area contributed by atoms with Crippen LogP contribution in [0.2, 0.25) is 0 Å². The maximum atomic E-state index is 12.1. The molecule has 1 N–H and O–H groups in total. The summed E-state index contributed by atoms with van der Waals surface area (Å²) in [4.78, 5) is 20.7. The zero-order chi connectivity index (χ0) is 21.2. The van der Waals surface area contributed by atoms with Gasteiger partial charge in [0.2, 0.25) is 5.91 Å². The molecular weight excluding hydrogens is 507 g/mol. The van der Waals surface area contributed by atoms with Crippen LogP contribution in [0.25, 0.3) is 0 Å². The first-order chi connectivity index (χ1) is 14.6. The molecule has 2 saturated heterocycles. The summed E-state index contributed by atoms with van der Waals surface area (Å²) in [6, 6.07) is 0. The molecule has 3 fully saturated rings. The van der Waals surface area contributed by atoms with Crippen LogP contribution in [0.4, 0.5) is 0 Å². The second-order valence-corrected chi connectivity index (χ2v) is 9.32. The number of likely N-dealkylation sites (N-methyl/N-ethyl adjacent to an activating group) is 1. The summed E-state index contributed by atoms with van der Waals surface area (Å²) < 4.78 is 12.0. The van der Waals surface area contributed by atoms with Crippen molar-refractivity contribution in [2.75, 3.05) is 53.5 Å². The first kappa shape index (κ1) is 26.6. The lowest BCUT2D eigenvalue weighted by atomic mass is 9.89. The van der Waals surface area contributed by atoms with Crippen molar-refractivity contribution in [2.24, 2.45) is 10.9 Å². The zero-order valence-corrected chi connectivity index (χ0v) is 21.9. The number of guanidine groups is 1. The van der Waals surface area contributed by atoms with Gasteiger partial charge >= 0.3 is 0 Å². The average molecular weight is 551 g/mol. The molecular formula is C23H43IN4O3. The van der Waals surface area contributed by atoms with E-state index >= 15 is 0 Å². The molecule has 180 valence electrons. The molecule has 1 aliphatic carbocycles. The van der Waals surface area contributed by atoms with E-state index in [1.54, 1.807) is 19.0 Å². The number of carbonyl (C=O) groups is 1. The largest absolute Gasteiger partial charge is 0.376 e. The van der Waals surface area contributed by atoms with Crippen molar-refractivity contribution in [3.05, 3.63) is 0 Å². The van der Waals surface area contributed by atoms with Crippen molar-refractivity contribution in [2.45, 2.75) is 76.4 Å². The van der Waals surface area contributed by atoms with Crippen molar-refractivity contribution in [1.82, 2.24) is 15.1 Å². The van der Waals surface area contributed by atoms with E-state index in [9.17, 15) is 4.79 Å². The van der Waals surface area contributed by atoms with Gasteiger partial charge in [-0.25, -0.2) is 4.99 Å². The van der Waals surface area contributed by atoms with Crippen LogP contribution in [0.1, 0.15) is 64.2 Å². The van der Waals surface area contributed by atoms with Gasteiger partial charge in [-0.3, -0.25) is 4.79 Å². The molecule has 0 aromatic heterocycles. The van der Waals surface area contributed by atoms with E-state index in [-0.39, 0.29) is 42.5 Å². The number of nitrogens with one attached hydrogen (secondary N) is 1. The van der Waals surface area contributed by atoms with Crippen LogP contribution in [0.5, 0.6) is 0 Å². The normalized spacial score (nSPS) is 23.9. The van der Waals surface area contributed by atoms with E-state index in [0.29, 0.717) is 6.10 Å². The van der Waals surface area contributed by atoms with E-state index in [0.717, 1.165) is 64.0 Å². The first-order valence-electron chi connectivity index (χ1n) is 12.1. The molecule has 3 aliphatic rings. The van der Waals surface area contributed by atoms with Gasteiger partial charge in [-0.05, 0) is 50.9 Å². The third-order valence-electron chi connectivity index (χ3n) is 6.67. The van der Waals surface area contributed by atoms with E-state index in [1.165, 1.54) is 44.9 Å². The van der Waals surface area contributed by atoms with Gasteiger partial charge in [-0.15, -0.1) is 24.0 Å². The Morgan fingerprint density at radius 1 is 1.06 bits per heavy atom. The van der Waals surface area contributed by atoms with Gasteiger partial charge in [-0.2, -0.15) is 0 Å². The Hall–Kier alpha value is -0.610. The standard InChI is InChI=1S/C23H42N4O3.HI/c1-26(2)22(28)17-25-23(24-16-19-8-4-3-5-9-19)27-13-11-20(12-14-27)30-18-21-10-6-7-15-29-21;/h19-21H,3-18H2,1-2H3,(H,24,25);1H. The van der Waals surface area contributed by atoms with Crippen LogP contribution in [0.15, 0.2) is 4.99 Å². The van der Waals surface area contributed by atoms with E-state index in [1.807, 2.05) is 0 Å². The lowest BCUT2D eigenvalue weighted by Gasteiger charge is -2.35. The van der Waals surface area contributed by atoms with Crippen molar-refractivity contribution in [3.63, 3.8) is 0 Å². The molecule has 1 saturated carbocycles. The first-order valence-corrected chi connectivity index (χ1v) is 12.1. The van der Waals surface area contributed by atoms with Crippen LogP contribution in [0, 0.1) is 5.92 Å². The van der Waals surface area contributed by atoms with Crippen LogP contribution in [-0.4, -0.2) is 87.4 Å². The molecule has 1 amide bonds. The number of rotatable bonds is 7. The van der Waals surface area contributed by atoms with Gasteiger partial charge < -0.3 is 24.6 Å². The predicted molar refractivity (Wildman–Crippen MR) is 135 cm³/mol. The molecule has 0 aromatic rings. The maximum absolute atomic E-state index is 12.1. The molecule has 7 nitrogen and oxygen atoms in total. The highest BCUT2D eigenvalue weighted by Gasteiger charge is 2.25. The second-order valence-electron chi connectivity index (χ2n) is 9.32. The number of nitrogens with zero attached hydrogens (tertiary/aromatic N) is 3. The van der Waals surface area contributed by atoms with Crippen LogP contribution >= 0.6 is 24.0 Å². The maximum Gasteiger partial charge on any atom is 0.243 e. The molecule has 8 heteroatoms. The molecule has 0 radical (unpaired) electrons. The highest BCUT2D eigenvalue weighted by molar-refractivity contribution is 14.0. The lowest BCUT2D eigenvalue weighted by Crippen LogP contribution is -2.48. The monoisotopic (exact) mass is 550 g/mol. The Morgan fingerprint density at radius 2 is 1.77 bits per heavy atom. The number of carbonyl (C=O) groups excluding carboxylic acids is 1. The number of amides is 1. The Labute approximate surface area is 205 Å². The quantitative estimate of drug-likeness (QED) is 0.300. The Bertz CT molecular complexity index is 541. The van der Waals surface area contributed by atoms with Crippen molar-refractivity contribution >= 4 is 35.8 Å². The summed E-state index contributed by atoms with van der Waals surface area (Å²) in [5, 5.41) is 3.60. The van der Waals surface area contributed by atoms with Gasteiger partial charge in [0.1, 0.15) is 6.54 Å². The number of halogens is 1. The third-order valence-corrected chi connectivity index (χ3v) is 6.67. The minimum Gasteiger partial charge on any atom is -0.376 e. The molecule has 2 aliphatic heterocycles. The molecule has 3 rings (SSSR count). The van der Waals surface area contributed by atoms with Gasteiger partial charge in [0.15, 0.2) is 5.96 Å². The highest BCUT2D eigenvalue weighted by Crippen LogP contribution is 2.23. The van der Waals surface area contributed by atoms with Crippen LogP contribution < -0.4 is 5.32 Å². The molecule has 0 bridgehead atoms. The zero-order valence-electron chi connectivity index (χ0n) is 19.5. The molecule has 0 aromatic carbocycles. The summed E-state index contributed by atoms with van der Waals surface area (Å²) >= 11 is 0. The van der Waals surface area contributed by atoms with Gasteiger partial charge in [0.05, 0.1) is 18.8 Å². The SMILES string of the molecule is CN(C)C(=O)CN=C(NCC1CCCCC1)N1CCC(OCC2CCCCO2)CC1.I.